The average Bonchev–Trinajstić information content (AvgIpc) is 3.43. The molecular weight excluding hydrogens is 411 g/mol. The van der Waals surface area contributed by atoms with Crippen LogP contribution >= 0.6 is 11.3 Å². The number of ether oxygens (including phenoxy) is 1. The van der Waals surface area contributed by atoms with Gasteiger partial charge < -0.3 is 10.1 Å². The molecular formula is C20H17FN4O4S. The number of amides is 1. The van der Waals surface area contributed by atoms with E-state index in [4.69, 9.17) is 4.74 Å². The zero-order chi connectivity index (χ0) is 21.3. The Balaban J connectivity index is 1.54. The van der Waals surface area contributed by atoms with Gasteiger partial charge >= 0.3 is 0 Å². The first-order valence-electron chi connectivity index (χ1n) is 9.10. The average molecular weight is 428 g/mol. The number of halogens is 1. The van der Waals surface area contributed by atoms with Crippen molar-refractivity contribution in [2.45, 2.75) is 18.9 Å². The molecule has 0 radical (unpaired) electrons. The maximum absolute atomic E-state index is 13.6. The minimum absolute atomic E-state index is 0.142. The minimum atomic E-state index is -0.525. The van der Waals surface area contributed by atoms with Crippen molar-refractivity contribution in [1.82, 2.24) is 4.98 Å². The Morgan fingerprint density at radius 1 is 1.30 bits per heavy atom. The predicted molar refractivity (Wildman–Crippen MR) is 112 cm³/mol. The van der Waals surface area contributed by atoms with E-state index in [1.54, 1.807) is 5.38 Å². The molecule has 0 aliphatic heterocycles. The third-order valence-corrected chi connectivity index (χ3v) is 5.31. The van der Waals surface area contributed by atoms with Gasteiger partial charge in [0.15, 0.2) is 5.13 Å². The van der Waals surface area contributed by atoms with Crippen LogP contribution in [0.2, 0.25) is 0 Å². The largest absolute Gasteiger partial charge is 0.496 e. The van der Waals surface area contributed by atoms with Gasteiger partial charge in [-0.25, -0.2) is 9.37 Å². The van der Waals surface area contributed by atoms with E-state index in [1.165, 1.54) is 43.5 Å². The molecule has 154 valence electrons. The van der Waals surface area contributed by atoms with Crippen molar-refractivity contribution in [3.63, 3.8) is 0 Å². The fourth-order valence-corrected chi connectivity index (χ4v) is 3.60. The van der Waals surface area contributed by atoms with Gasteiger partial charge in [-0.15, -0.1) is 11.3 Å². The summed E-state index contributed by atoms with van der Waals surface area (Å²) >= 11 is 1.16. The van der Waals surface area contributed by atoms with Gasteiger partial charge in [-0.05, 0) is 43.2 Å². The zero-order valence-corrected chi connectivity index (χ0v) is 16.7. The first kappa shape index (κ1) is 19.8. The molecule has 1 fully saturated rings. The first-order chi connectivity index (χ1) is 14.4. The van der Waals surface area contributed by atoms with Crippen molar-refractivity contribution in [2.24, 2.45) is 0 Å². The third-order valence-electron chi connectivity index (χ3n) is 4.56. The first-order valence-corrected chi connectivity index (χ1v) is 9.98. The molecule has 2 aromatic carbocycles. The van der Waals surface area contributed by atoms with Crippen LogP contribution in [0.4, 0.5) is 20.9 Å². The molecule has 1 aliphatic carbocycles. The molecule has 4 rings (SSSR count). The van der Waals surface area contributed by atoms with Crippen LogP contribution in [0, 0.1) is 15.9 Å². The molecule has 2 N–H and O–H groups in total. The Hall–Kier alpha value is -3.53. The molecule has 1 saturated carbocycles. The van der Waals surface area contributed by atoms with E-state index >= 15 is 0 Å². The lowest BCUT2D eigenvalue weighted by molar-refractivity contribution is -0.384. The molecule has 8 nitrogen and oxygen atoms in total. The summed E-state index contributed by atoms with van der Waals surface area (Å²) in [5.74, 6) is -0.506. The fraction of sp³-hybridized carbons (Fsp3) is 0.200. The maximum atomic E-state index is 13.6. The van der Waals surface area contributed by atoms with E-state index in [0.717, 1.165) is 24.2 Å². The second-order valence-corrected chi connectivity index (χ2v) is 7.60. The van der Waals surface area contributed by atoms with Crippen LogP contribution in [0.1, 0.15) is 23.2 Å². The van der Waals surface area contributed by atoms with E-state index in [9.17, 15) is 19.3 Å². The predicted octanol–water partition coefficient (Wildman–Crippen LogP) is 4.69. The number of benzene rings is 2. The van der Waals surface area contributed by atoms with Crippen LogP contribution in [0.3, 0.4) is 0 Å². The number of anilines is 2. The number of nitrogens with zero attached hydrogens (tertiary/aromatic N) is 2. The van der Waals surface area contributed by atoms with Gasteiger partial charge in [0.2, 0.25) is 0 Å². The van der Waals surface area contributed by atoms with Crippen molar-refractivity contribution in [1.29, 1.82) is 0 Å². The third kappa shape index (κ3) is 4.23. The maximum Gasteiger partial charge on any atom is 0.293 e. The molecule has 1 amide bonds. The number of nitrogens with one attached hydrogen (secondary N) is 2. The molecule has 0 unspecified atom stereocenters. The Bertz CT molecular complexity index is 1130. The van der Waals surface area contributed by atoms with E-state index in [0.29, 0.717) is 22.7 Å². The molecule has 1 heterocycles. The minimum Gasteiger partial charge on any atom is -0.496 e. The SMILES string of the molecule is COc1ccc(F)cc1-c1csc(NC(=O)c2ccc(NC3CC3)c([N+](=O)[O-])c2)n1. The number of hydrogen-bond acceptors (Lipinski definition) is 7. The fourth-order valence-electron chi connectivity index (χ4n) is 2.90. The van der Waals surface area contributed by atoms with Gasteiger partial charge in [0, 0.05) is 28.6 Å². The molecule has 0 saturated heterocycles. The Morgan fingerprint density at radius 3 is 2.80 bits per heavy atom. The van der Waals surface area contributed by atoms with Crippen molar-refractivity contribution in [2.75, 3.05) is 17.7 Å². The van der Waals surface area contributed by atoms with Crippen molar-refractivity contribution in [3.8, 4) is 17.0 Å². The smallest absolute Gasteiger partial charge is 0.293 e. The summed E-state index contributed by atoms with van der Waals surface area (Å²) < 4.78 is 18.9. The van der Waals surface area contributed by atoms with Gasteiger partial charge in [-0.2, -0.15) is 0 Å². The summed E-state index contributed by atoms with van der Waals surface area (Å²) in [5, 5.41) is 19.1. The Morgan fingerprint density at radius 2 is 2.10 bits per heavy atom. The van der Waals surface area contributed by atoms with Crippen LogP contribution in [-0.2, 0) is 0 Å². The number of thiazole rings is 1. The highest BCUT2D eigenvalue weighted by molar-refractivity contribution is 7.14. The van der Waals surface area contributed by atoms with E-state index in [-0.39, 0.29) is 22.4 Å². The van der Waals surface area contributed by atoms with Crippen LogP contribution in [0.25, 0.3) is 11.3 Å². The normalized spacial score (nSPS) is 13.0. The van der Waals surface area contributed by atoms with E-state index in [1.807, 2.05) is 0 Å². The number of hydrogen-bond donors (Lipinski definition) is 2. The number of methoxy groups -OCH3 is 1. The standard InChI is InChI=1S/C20H17FN4O4S/c1-29-18-7-3-12(21)9-14(18)16-10-30-20(23-16)24-19(26)11-2-6-15(22-13-4-5-13)17(8-11)25(27)28/h2-3,6-10,13,22H,4-5H2,1H3,(H,23,24,26). The van der Waals surface area contributed by atoms with Crippen LogP contribution in [0.15, 0.2) is 41.8 Å². The van der Waals surface area contributed by atoms with Gasteiger partial charge in [0.1, 0.15) is 17.3 Å². The number of rotatable bonds is 7. The molecule has 1 aliphatic rings. The second kappa shape index (κ2) is 8.07. The summed E-state index contributed by atoms with van der Waals surface area (Å²) in [5.41, 5.74) is 1.29. The highest BCUT2D eigenvalue weighted by Crippen LogP contribution is 2.34. The van der Waals surface area contributed by atoms with Crippen molar-refractivity contribution >= 4 is 33.8 Å². The lowest BCUT2D eigenvalue weighted by Gasteiger charge is -2.08. The number of carbonyl (C=O) groups excluding carboxylic acids is 1. The second-order valence-electron chi connectivity index (χ2n) is 6.74. The van der Waals surface area contributed by atoms with Crippen LogP contribution < -0.4 is 15.4 Å². The number of nitro benzene ring substituents is 1. The lowest BCUT2D eigenvalue weighted by Crippen LogP contribution is -2.13. The quantitative estimate of drug-likeness (QED) is 0.418. The molecule has 1 aromatic heterocycles. The van der Waals surface area contributed by atoms with Gasteiger partial charge in [-0.3, -0.25) is 20.2 Å². The zero-order valence-electron chi connectivity index (χ0n) is 15.8. The van der Waals surface area contributed by atoms with E-state index < -0.39 is 16.6 Å². The van der Waals surface area contributed by atoms with Gasteiger partial charge in [0.25, 0.3) is 11.6 Å². The molecule has 30 heavy (non-hydrogen) atoms. The molecule has 3 aromatic rings. The monoisotopic (exact) mass is 428 g/mol. The number of nitro groups is 1. The summed E-state index contributed by atoms with van der Waals surface area (Å²) in [6.45, 7) is 0. The van der Waals surface area contributed by atoms with Crippen molar-refractivity contribution in [3.05, 3.63) is 63.3 Å². The Kier molecular flexibility index (Phi) is 5.32. The van der Waals surface area contributed by atoms with Crippen LogP contribution in [-0.4, -0.2) is 29.0 Å². The van der Waals surface area contributed by atoms with Crippen molar-refractivity contribution < 1.29 is 18.8 Å². The topological polar surface area (TPSA) is 106 Å². The Labute approximate surface area is 174 Å². The molecule has 0 bridgehead atoms. The molecule has 10 heteroatoms. The summed E-state index contributed by atoms with van der Waals surface area (Å²) in [7, 11) is 1.47. The highest BCUT2D eigenvalue weighted by atomic mass is 32.1. The lowest BCUT2D eigenvalue weighted by atomic mass is 10.1. The molecule has 0 atom stereocenters. The summed E-state index contributed by atoms with van der Waals surface area (Å²) in [6.07, 6.45) is 1.95. The molecule has 0 spiro atoms. The van der Waals surface area contributed by atoms with Gasteiger partial charge in [0.05, 0.1) is 17.7 Å². The van der Waals surface area contributed by atoms with Gasteiger partial charge in [-0.1, -0.05) is 0 Å². The number of carbonyl (C=O) groups is 1. The number of aromatic nitrogens is 1. The highest BCUT2D eigenvalue weighted by Gasteiger charge is 2.25. The summed E-state index contributed by atoms with van der Waals surface area (Å²) in [6, 6.07) is 8.63. The van der Waals surface area contributed by atoms with E-state index in [2.05, 4.69) is 15.6 Å². The van der Waals surface area contributed by atoms with Crippen LogP contribution in [0.5, 0.6) is 5.75 Å². The summed E-state index contributed by atoms with van der Waals surface area (Å²) in [4.78, 5) is 27.8.